The summed E-state index contributed by atoms with van der Waals surface area (Å²) >= 11 is 3.12. The lowest BCUT2D eigenvalue weighted by Crippen LogP contribution is -2.46. The number of benzene rings is 1. The highest BCUT2D eigenvalue weighted by molar-refractivity contribution is 9.10. The van der Waals surface area contributed by atoms with Crippen LogP contribution < -0.4 is 5.73 Å². The zero-order chi connectivity index (χ0) is 17.1. The molecule has 0 saturated carbocycles. The van der Waals surface area contributed by atoms with Crippen molar-refractivity contribution in [2.45, 2.75) is 38.8 Å². The van der Waals surface area contributed by atoms with Crippen LogP contribution in [0.2, 0.25) is 0 Å². The fraction of sp³-hybridized carbons (Fsp3) is 0.467. The van der Waals surface area contributed by atoms with Crippen LogP contribution in [0, 0.1) is 11.7 Å². The van der Waals surface area contributed by atoms with Gasteiger partial charge in [0.15, 0.2) is 0 Å². The van der Waals surface area contributed by atoms with Crippen molar-refractivity contribution in [3.05, 3.63) is 34.1 Å². The maximum atomic E-state index is 13.8. The van der Waals surface area contributed by atoms with Crippen molar-refractivity contribution in [3.8, 4) is 0 Å². The van der Waals surface area contributed by atoms with E-state index in [1.54, 1.807) is 26.8 Å². The highest BCUT2D eigenvalue weighted by Crippen LogP contribution is 2.21. The standard InChI is InChI=1S/C15H19BrFNO4/c1-15(2,3)22-14(21)12(18)10(13(19)20)6-8-4-5-9(16)7-11(8)17/h4-5,7,10,12H,6,18H2,1-3H3,(H,19,20). The molecule has 1 aromatic rings. The summed E-state index contributed by atoms with van der Waals surface area (Å²) in [5, 5.41) is 9.28. The van der Waals surface area contributed by atoms with Gasteiger partial charge < -0.3 is 15.6 Å². The molecule has 1 rings (SSSR count). The van der Waals surface area contributed by atoms with Crippen molar-refractivity contribution in [2.24, 2.45) is 11.7 Å². The zero-order valence-electron chi connectivity index (χ0n) is 12.6. The van der Waals surface area contributed by atoms with Gasteiger partial charge in [-0.2, -0.15) is 0 Å². The number of carboxylic acid groups (broad SMARTS) is 1. The van der Waals surface area contributed by atoms with Crippen LogP contribution in [-0.2, 0) is 20.7 Å². The normalized spacial score (nSPS) is 14.3. The number of rotatable bonds is 5. The third-order valence-corrected chi connectivity index (χ3v) is 3.38. The number of aliphatic carboxylic acids is 1. The van der Waals surface area contributed by atoms with Gasteiger partial charge in [-0.15, -0.1) is 0 Å². The Labute approximate surface area is 136 Å². The molecule has 5 nitrogen and oxygen atoms in total. The molecule has 1 aromatic carbocycles. The fourth-order valence-electron chi connectivity index (χ4n) is 1.83. The van der Waals surface area contributed by atoms with E-state index in [0.717, 1.165) is 0 Å². The Morgan fingerprint density at radius 3 is 2.45 bits per heavy atom. The number of carbonyl (C=O) groups excluding carboxylic acids is 1. The average Bonchev–Trinajstić information content (AvgIpc) is 2.34. The smallest absolute Gasteiger partial charge is 0.324 e. The van der Waals surface area contributed by atoms with Crippen molar-refractivity contribution in [1.29, 1.82) is 0 Å². The Kier molecular flexibility index (Phi) is 6.08. The third-order valence-electron chi connectivity index (χ3n) is 2.88. The Morgan fingerprint density at radius 1 is 1.41 bits per heavy atom. The average molecular weight is 376 g/mol. The van der Waals surface area contributed by atoms with Gasteiger partial charge in [-0.1, -0.05) is 22.0 Å². The number of carboxylic acids is 1. The van der Waals surface area contributed by atoms with Crippen molar-refractivity contribution in [3.63, 3.8) is 0 Å². The predicted molar refractivity (Wildman–Crippen MR) is 82.8 cm³/mol. The van der Waals surface area contributed by atoms with Crippen LogP contribution in [0.15, 0.2) is 22.7 Å². The van der Waals surface area contributed by atoms with E-state index in [-0.39, 0.29) is 12.0 Å². The molecule has 0 aromatic heterocycles. The molecule has 3 N–H and O–H groups in total. The molecule has 2 unspecified atom stereocenters. The summed E-state index contributed by atoms with van der Waals surface area (Å²) in [7, 11) is 0. The Hall–Kier alpha value is -1.47. The first kappa shape index (κ1) is 18.6. The van der Waals surface area contributed by atoms with Crippen molar-refractivity contribution in [2.75, 3.05) is 0 Å². The summed E-state index contributed by atoms with van der Waals surface area (Å²) in [6.45, 7) is 4.96. The van der Waals surface area contributed by atoms with Gasteiger partial charge in [-0.25, -0.2) is 4.39 Å². The van der Waals surface area contributed by atoms with Gasteiger partial charge in [0, 0.05) is 4.47 Å². The lowest BCUT2D eigenvalue weighted by Gasteiger charge is -2.25. The molecule has 0 amide bonds. The van der Waals surface area contributed by atoms with E-state index < -0.39 is 35.3 Å². The number of ether oxygens (including phenoxy) is 1. The number of hydrogen-bond donors (Lipinski definition) is 2. The second kappa shape index (κ2) is 7.19. The molecule has 0 aliphatic carbocycles. The summed E-state index contributed by atoms with van der Waals surface area (Å²) < 4.78 is 19.5. The molecule has 0 saturated heterocycles. The van der Waals surface area contributed by atoms with E-state index in [9.17, 15) is 19.1 Å². The van der Waals surface area contributed by atoms with Gasteiger partial charge in [-0.3, -0.25) is 9.59 Å². The minimum Gasteiger partial charge on any atom is -0.481 e. The molecule has 0 bridgehead atoms. The van der Waals surface area contributed by atoms with E-state index in [1.165, 1.54) is 12.1 Å². The molecule has 0 heterocycles. The number of esters is 1. The van der Waals surface area contributed by atoms with Gasteiger partial charge in [0.25, 0.3) is 0 Å². The largest absolute Gasteiger partial charge is 0.481 e. The minimum absolute atomic E-state index is 0.176. The Balaban J connectivity index is 2.94. The van der Waals surface area contributed by atoms with E-state index >= 15 is 0 Å². The number of halogens is 2. The van der Waals surface area contributed by atoms with Crippen LogP contribution >= 0.6 is 15.9 Å². The van der Waals surface area contributed by atoms with E-state index in [0.29, 0.717) is 4.47 Å². The predicted octanol–water partition coefficient (Wildman–Crippen LogP) is 2.50. The topological polar surface area (TPSA) is 89.6 Å². The van der Waals surface area contributed by atoms with Gasteiger partial charge in [0.1, 0.15) is 17.5 Å². The number of carbonyl (C=O) groups is 2. The monoisotopic (exact) mass is 375 g/mol. The lowest BCUT2D eigenvalue weighted by molar-refractivity contribution is -0.161. The molecular weight excluding hydrogens is 357 g/mol. The highest BCUT2D eigenvalue weighted by Gasteiger charge is 2.34. The molecule has 122 valence electrons. The van der Waals surface area contributed by atoms with Gasteiger partial charge in [0.2, 0.25) is 0 Å². The second-order valence-electron chi connectivity index (χ2n) is 5.94. The first-order chi connectivity index (χ1) is 10.0. The summed E-state index contributed by atoms with van der Waals surface area (Å²) in [6.07, 6.45) is -0.200. The Bertz CT molecular complexity index is 571. The number of hydrogen-bond acceptors (Lipinski definition) is 4. The first-order valence-electron chi connectivity index (χ1n) is 6.66. The van der Waals surface area contributed by atoms with Gasteiger partial charge >= 0.3 is 11.9 Å². The summed E-state index contributed by atoms with van der Waals surface area (Å²) in [4.78, 5) is 23.3. The van der Waals surface area contributed by atoms with E-state index in [1.807, 2.05) is 0 Å². The second-order valence-corrected chi connectivity index (χ2v) is 6.86. The molecule has 0 fully saturated rings. The fourth-order valence-corrected chi connectivity index (χ4v) is 2.16. The summed E-state index contributed by atoms with van der Waals surface area (Å²) in [5.41, 5.74) is 5.11. The molecule has 0 aliphatic rings. The minimum atomic E-state index is -1.38. The van der Waals surface area contributed by atoms with Crippen molar-refractivity contribution >= 4 is 27.9 Å². The van der Waals surface area contributed by atoms with Gasteiger partial charge in [0.05, 0.1) is 5.92 Å². The van der Waals surface area contributed by atoms with Crippen LogP contribution in [0.1, 0.15) is 26.3 Å². The lowest BCUT2D eigenvalue weighted by atomic mass is 9.92. The molecule has 2 atom stereocenters. The highest BCUT2D eigenvalue weighted by atomic mass is 79.9. The number of nitrogens with two attached hydrogens (primary N) is 1. The zero-order valence-corrected chi connectivity index (χ0v) is 14.2. The molecule has 22 heavy (non-hydrogen) atoms. The third kappa shape index (κ3) is 5.38. The van der Waals surface area contributed by atoms with Crippen molar-refractivity contribution in [1.82, 2.24) is 0 Å². The van der Waals surface area contributed by atoms with Crippen LogP contribution in [0.3, 0.4) is 0 Å². The first-order valence-corrected chi connectivity index (χ1v) is 7.45. The maximum Gasteiger partial charge on any atom is 0.324 e. The maximum absolute atomic E-state index is 13.8. The van der Waals surface area contributed by atoms with E-state index in [2.05, 4.69) is 15.9 Å². The summed E-state index contributed by atoms with van der Waals surface area (Å²) in [6, 6.07) is 2.90. The van der Waals surface area contributed by atoms with Crippen LogP contribution in [-0.4, -0.2) is 28.7 Å². The van der Waals surface area contributed by atoms with Gasteiger partial charge in [-0.05, 0) is 44.9 Å². The molecule has 0 radical (unpaired) electrons. The Morgan fingerprint density at radius 2 is 2.00 bits per heavy atom. The SMILES string of the molecule is CC(C)(C)OC(=O)C(N)C(Cc1ccc(Br)cc1F)C(=O)O. The summed E-state index contributed by atoms with van der Waals surface area (Å²) in [5.74, 6) is -3.93. The molecule has 0 spiro atoms. The van der Waals surface area contributed by atoms with Crippen LogP contribution in [0.5, 0.6) is 0 Å². The van der Waals surface area contributed by atoms with Crippen molar-refractivity contribution < 1.29 is 23.8 Å². The van der Waals surface area contributed by atoms with E-state index in [4.69, 9.17) is 10.5 Å². The molecule has 7 heteroatoms. The quantitative estimate of drug-likeness (QED) is 0.771. The molecular formula is C15H19BrFNO4. The van der Waals surface area contributed by atoms with Crippen LogP contribution in [0.25, 0.3) is 0 Å². The van der Waals surface area contributed by atoms with Crippen LogP contribution in [0.4, 0.5) is 4.39 Å². The molecule has 0 aliphatic heterocycles.